The summed E-state index contributed by atoms with van der Waals surface area (Å²) in [5, 5.41) is 18.9. The van der Waals surface area contributed by atoms with Gasteiger partial charge < -0.3 is 5.11 Å². The first kappa shape index (κ1) is 14.0. The van der Waals surface area contributed by atoms with Gasteiger partial charge in [0.15, 0.2) is 0 Å². The molecule has 0 radical (unpaired) electrons. The predicted octanol–water partition coefficient (Wildman–Crippen LogP) is 3.54. The van der Waals surface area contributed by atoms with Crippen molar-refractivity contribution >= 4 is 11.6 Å². The second kappa shape index (κ2) is 6.05. The molecular formula is C14H18ClNO. The SMILES string of the molecule is CC(C)(C#N)c1ccc([C@H](O)CCCCl)cc1. The van der Waals surface area contributed by atoms with Crippen LogP contribution in [0.1, 0.15) is 43.9 Å². The normalized spacial score (nSPS) is 13.1. The molecule has 0 bridgehead atoms. The van der Waals surface area contributed by atoms with Crippen molar-refractivity contribution in [3.63, 3.8) is 0 Å². The standard InChI is InChI=1S/C14H18ClNO/c1-14(2,10-16)12-7-5-11(6-8-12)13(17)4-3-9-15/h5-8,13,17H,3-4,9H2,1-2H3/t13-/m1/s1. The Morgan fingerprint density at radius 1 is 1.35 bits per heavy atom. The maximum Gasteiger partial charge on any atom is 0.0790 e. The molecule has 1 aromatic rings. The number of halogens is 1. The zero-order valence-corrected chi connectivity index (χ0v) is 11.0. The van der Waals surface area contributed by atoms with Gasteiger partial charge in [-0.05, 0) is 37.8 Å². The minimum Gasteiger partial charge on any atom is -0.388 e. The van der Waals surface area contributed by atoms with Gasteiger partial charge in [-0.15, -0.1) is 11.6 Å². The fraction of sp³-hybridized carbons (Fsp3) is 0.500. The first-order chi connectivity index (χ1) is 8.01. The van der Waals surface area contributed by atoms with E-state index in [1.165, 1.54) is 0 Å². The Labute approximate surface area is 108 Å². The van der Waals surface area contributed by atoms with E-state index in [2.05, 4.69) is 6.07 Å². The first-order valence-corrected chi connectivity index (χ1v) is 6.30. The van der Waals surface area contributed by atoms with Crippen LogP contribution in [0.15, 0.2) is 24.3 Å². The van der Waals surface area contributed by atoms with Crippen molar-refractivity contribution in [1.82, 2.24) is 0 Å². The molecule has 0 aliphatic rings. The van der Waals surface area contributed by atoms with Crippen molar-refractivity contribution in [3.8, 4) is 6.07 Å². The lowest BCUT2D eigenvalue weighted by molar-refractivity contribution is 0.166. The summed E-state index contributed by atoms with van der Waals surface area (Å²) < 4.78 is 0. The number of rotatable bonds is 5. The van der Waals surface area contributed by atoms with Gasteiger partial charge in [-0.1, -0.05) is 24.3 Å². The highest BCUT2D eigenvalue weighted by Crippen LogP contribution is 2.25. The third-order valence-electron chi connectivity index (χ3n) is 2.91. The number of alkyl halides is 1. The average molecular weight is 252 g/mol. The zero-order chi connectivity index (χ0) is 12.9. The fourth-order valence-electron chi connectivity index (χ4n) is 1.62. The van der Waals surface area contributed by atoms with E-state index in [0.29, 0.717) is 12.3 Å². The maximum absolute atomic E-state index is 9.88. The Balaban J connectivity index is 2.78. The molecule has 0 fully saturated rings. The second-order valence-corrected chi connectivity index (χ2v) is 5.08. The van der Waals surface area contributed by atoms with Crippen molar-refractivity contribution in [2.45, 2.75) is 38.2 Å². The minimum atomic E-state index is -0.486. The van der Waals surface area contributed by atoms with Crippen molar-refractivity contribution in [2.75, 3.05) is 5.88 Å². The van der Waals surface area contributed by atoms with Crippen LogP contribution >= 0.6 is 11.6 Å². The molecule has 0 aliphatic carbocycles. The lowest BCUT2D eigenvalue weighted by Crippen LogP contribution is -2.13. The minimum absolute atomic E-state index is 0.465. The molecule has 0 aliphatic heterocycles. The van der Waals surface area contributed by atoms with Gasteiger partial charge in [0.25, 0.3) is 0 Å². The molecule has 1 atom stereocenters. The molecule has 0 heterocycles. The lowest BCUT2D eigenvalue weighted by Gasteiger charge is -2.17. The molecule has 92 valence electrons. The van der Waals surface area contributed by atoms with Crippen LogP contribution in [0.5, 0.6) is 0 Å². The van der Waals surface area contributed by atoms with Gasteiger partial charge in [0.1, 0.15) is 0 Å². The zero-order valence-electron chi connectivity index (χ0n) is 10.3. The number of nitrogens with zero attached hydrogens (tertiary/aromatic N) is 1. The molecule has 0 aromatic heterocycles. The summed E-state index contributed by atoms with van der Waals surface area (Å²) in [6.45, 7) is 3.76. The maximum atomic E-state index is 9.88. The van der Waals surface area contributed by atoms with E-state index < -0.39 is 11.5 Å². The van der Waals surface area contributed by atoms with Crippen molar-refractivity contribution < 1.29 is 5.11 Å². The van der Waals surface area contributed by atoms with E-state index in [4.69, 9.17) is 16.9 Å². The molecule has 1 N–H and O–H groups in total. The summed E-state index contributed by atoms with van der Waals surface area (Å²) in [5.74, 6) is 0.566. The topological polar surface area (TPSA) is 44.0 Å². The number of nitriles is 1. The molecule has 0 saturated carbocycles. The highest BCUT2D eigenvalue weighted by Gasteiger charge is 2.19. The summed E-state index contributed by atoms with van der Waals surface area (Å²) in [4.78, 5) is 0. The molecule has 2 nitrogen and oxygen atoms in total. The quantitative estimate of drug-likeness (QED) is 0.814. The second-order valence-electron chi connectivity index (χ2n) is 4.71. The molecule has 0 unspecified atom stereocenters. The molecule has 0 spiro atoms. The molecule has 0 saturated heterocycles. The van der Waals surface area contributed by atoms with Crippen molar-refractivity contribution in [3.05, 3.63) is 35.4 Å². The highest BCUT2D eigenvalue weighted by atomic mass is 35.5. The van der Waals surface area contributed by atoms with Crippen LogP contribution in [0.4, 0.5) is 0 Å². The van der Waals surface area contributed by atoms with Crippen LogP contribution in [-0.2, 0) is 5.41 Å². The van der Waals surface area contributed by atoms with E-state index in [0.717, 1.165) is 17.5 Å². The molecule has 1 rings (SSSR count). The van der Waals surface area contributed by atoms with Gasteiger partial charge in [-0.2, -0.15) is 5.26 Å². The van der Waals surface area contributed by atoms with Crippen LogP contribution < -0.4 is 0 Å². The van der Waals surface area contributed by atoms with Crippen molar-refractivity contribution in [2.24, 2.45) is 0 Å². The lowest BCUT2D eigenvalue weighted by atomic mass is 9.85. The molecule has 0 amide bonds. The van der Waals surface area contributed by atoms with Gasteiger partial charge >= 0.3 is 0 Å². The van der Waals surface area contributed by atoms with E-state index in [-0.39, 0.29) is 0 Å². The third kappa shape index (κ3) is 3.73. The number of aliphatic hydroxyl groups is 1. The number of benzene rings is 1. The summed E-state index contributed by atoms with van der Waals surface area (Å²) >= 11 is 5.59. The Bertz CT molecular complexity index is 392. The monoisotopic (exact) mass is 251 g/mol. The molecule has 3 heteroatoms. The number of aliphatic hydroxyl groups excluding tert-OH is 1. The third-order valence-corrected chi connectivity index (χ3v) is 3.18. The highest BCUT2D eigenvalue weighted by molar-refractivity contribution is 6.17. The smallest absolute Gasteiger partial charge is 0.0790 e. The van der Waals surface area contributed by atoms with Crippen LogP contribution in [0, 0.1) is 11.3 Å². The summed E-state index contributed by atoms with van der Waals surface area (Å²) in [6.07, 6.45) is 1.01. The summed E-state index contributed by atoms with van der Waals surface area (Å²) in [6, 6.07) is 9.84. The molecular weight excluding hydrogens is 234 g/mol. The van der Waals surface area contributed by atoms with Crippen LogP contribution in [0.25, 0.3) is 0 Å². The molecule has 1 aromatic carbocycles. The van der Waals surface area contributed by atoms with Crippen LogP contribution in [0.2, 0.25) is 0 Å². The van der Waals surface area contributed by atoms with Gasteiger partial charge in [0.05, 0.1) is 17.6 Å². The Hall–Kier alpha value is -1.04. The summed E-state index contributed by atoms with van der Waals surface area (Å²) in [7, 11) is 0. The van der Waals surface area contributed by atoms with Crippen molar-refractivity contribution in [1.29, 1.82) is 5.26 Å². The predicted molar refractivity (Wildman–Crippen MR) is 70.0 cm³/mol. The fourth-order valence-corrected chi connectivity index (χ4v) is 1.78. The van der Waals surface area contributed by atoms with Gasteiger partial charge in [0, 0.05) is 5.88 Å². The van der Waals surface area contributed by atoms with E-state index in [1.54, 1.807) is 0 Å². The largest absolute Gasteiger partial charge is 0.388 e. The van der Waals surface area contributed by atoms with Gasteiger partial charge in [-0.25, -0.2) is 0 Å². The van der Waals surface area contributed by atoms with E-state index in [1.807, 2.05) is 38.1 Å². The number of hydrogen-bond acceptors (Lipinski definition) is 2. The van der Waals surface area contributed by atoms with Gasteiger partial charge in [0.2, 0.25) is 0 Å². The van der Waals surface area contributed by atoms with Crippen LogP contribution in [0.3, 0.4) is 0 Å². The van der Waals surface area contributed by atoms with E-state index >= 15 is 0 Å². The number of hydrogen-bond donors (Lipinski definition) is 1. The Morgan fingerprint density at radius 2 is 1.94 bits per heavy atom. The van der Waals surface area contributed by atoms with E-state index in [9.17, 15) is 5.11 Å². The first-order valence-electron chi connectivity index (χ1n) is 5.77. The van der Waals surface area contributed by atoms with Gasteiger partial charge in [-0.3, -0.25) is 0 Å². The Kier molecular flexibility index (Phi) is 4.99. The average Bonchev–Trinajstić information content (AvgIpc) is 2.36. The Morgan fingerprint density at radius 3 is 2.41 bits per heavy atom. The summed E-state index contributed by atoms with van der Waals surface area (Å²) in [5.41, 5.74) is 1.36. The molecule has 17 heavy (non-hydrogen) atoms. The van der Waals surface area contributed by atoms with Crippen LogP contribution in [-0.4, -0.2) is 11.0 Å².